The summed E-state index contributed by atoms with van der Waals surface area (Å²) in [6.45, 7) is 0. The number of amides is 1. The highest BCUT2D eigenvalue weighted by atomic mass is 35.5. The standard InChI is InChI=1S/C19H16Cl2FNO3/c20-10-1-4-17(14(21)7-10)26-18-5-2-11(8-15(18)22)23-19(24)13-9-12-3-6-16(13)25-12/h1-2,4-5,7-8,12-13,16H,3,6,9H2,(H,23,24). The third-order valence-corrected chi connectivity index (χ3v) is 5.29. The Labute approximate surface area is 160 Å². The van der Waals surface area contributed by atoms with Gasteiger partial charge in [0.2, 0.25) is 5.91 Å². The van der Waals surface area contributed by atoms with Gasteiger partial charge >= 0.3 is 0 Å². The van der Waals surface area contributed by atoms with Gasteiger partial charge in [-0.3, -0.25) is 4.79 Å². The molecule has 26 heavy (non-hydrogen) atoms. The summed E-state index contributed by atoms with van der Waals surface area (Å²) >= 11 is 11.9. The maximum absolute atomic E-state index is 14.4. The van der Waals surface area contributed by atoms with E-state index in [1.54, 1.807) is 18.2 Å². The molecule has 0 radical (unpaired) electrons. The molecule has 4 rings (SSSR count). The Balaban J connectivity index is 1.45. The minimum atomic E-state index is -0.599. The Kier molecular flexibility index (Phi) is 4.78. The lowest BCUT2D eigenvalue weighted by atomic mass is 9.88. The molecule has 0 aliphatic carbocycles. The lowest BCUT2D eigenvalue weighted by Crippen LogP contribution is -2.30. The van der Waals surface area contributed by atoms with Gasteiger partial charge in [-0.2, -0.15) is 0 Å². The summed E-state index contributed by atoms with van der Waals surface area (Å²) in [4.78, 5) is 12.4. The highest BCUT2D eigenvalue weighted by molar-refractivity contribution is 6.35. The number of hydrogen-bond donors (Lipinski definition) is 1. The average Bonchev–Trinajstić information content (AvgIpc) is 3.22. The smallest absolute Gasteiger partial charge is 0.230 e. The molecule has 0 saturated carbocycles. The van der Waals surface area contributed by atoms with Gasteiger partial charge in [-0.05, 0) is 49.6 Å². The van der Waals surface area contributed by atoms with Crippen molar-refractivity contribution in [1.82, 2.24) is 0 Å². The largest absolute Gasteiger partial charge is 0.453 e. The van der Waals surface area contributed by atoms with Crippen LogP contribution in [0.4, 0.5) is 10.1 Å². The quantitative estimate of drug-likeness (QED) is 0.750. The molecule has 2 aliphatic heterocycles. The molecule has 2 aromatic rings. The maximum atomic E-state index is 14.4. The van der Waals surface area contributed by atoms with Gasteiger partial charge in [0, 0.05) is 16.8 Å². The van der Waals surface area contributed by atoms with Crippen LogP contribution in [0.3, 0.4) is 0 Å². The van der Waals surface area contributed by atoms with Crippen LogP contribution < -0.4 is 10.1 Å². The number of hydrogen-bond acceptors (Lipinski definition) is 3. The number of nitrogens with one attached hydrogen (secondary N) is 1. The molecular formula is C19H16Cl2FNO3. The lowest BCUT2D eigenvalue weighted by molar-refractivity contribution is -0.121. The summed E-state index contributed by atoms with van der Waals surface area (Å²) in [6.07, 6.45) is 2.83. The summed E-state index contributed by atoms with van der Waals surface area (Å²) in [5, 5.41) is 3.51. The predicted molar refractivity (Wildman–Crippen MR) is 97.6 cm³/mol. The molecule has 0 aromatic heterocycles. The molecule has 3 atom stereocenters. The number of benzene rings is 2. The molecule has 2 heterocycles. The Bertz CT molecular complexity index is 861. The zero-order valence-corrected chi connectivity index (χ0v) is 15.2. The van der Waals surface area contributed by atoms with E-state index in [9.17, 15) is 9.18 Å². The van der Waals surface area contributed by atoms with Crippen LogP contribution in [0.15, 0.2) is 36.4 Å². The van der Waals surface area contributed by atoms with Gasteiger partial charge < -0.3 is 14.8 Å². The molecule has 2 aromatic carbocycles. The fraction of sp³-hybridized carbons (Fsp3) is 0.316. The van der Waals surface area contributed by atoms with Gasteiger partial charge in [-0.1, -0.05) is 23.2 Å². The third-order valence-electron chi connectivity index (χ3n) is 4.76. The molecule has 2 fully saturated rings. The van der Waals surface area contributed by atoms with E-state index in [4.69, 9.17) is 32.7 Å². The number of anilines is 1. The molecule has 2 aliphatic rings. The molecule has 7 heteroatoms. The molecule has 1 N–H and O–H groups in total. The molecule has 2 saturated heterocycles. The van der Waals surface area contributed by atoms with Crippen molar-refractivity contribution >= 4 is 34.8 Å². The van der Waals surface area contributed by atoms with E-state index in [-0.39, 0.29) is 34.8 Å². The first-order valence-electron chi connectivity index (χ1n) is 8.38. The van der Waals surface area contributed by atoms with E-state index in [1.165, 1.54) is 18.2 Å². The molecule has 136 valence electrons. The molecule has 0 spiro atoms. The number of rotatable bonds is 4. The minimum absolute atomic E-state index is 0.00970. The second-order valence-electron chi connectivity index (χ2n) is 6.53. The van der Waals surface area contributed by atoms with Gasteiger partial charge in [0.05, 0.1) is 23.1 Å². The Hall–Kier alpha value is -1.82. The number of fused-ring (bicyclic) bond motifs is 2. The summed E-state index contributed by atoms with van der Waals surface area (Å²) in [6, 6.07) is 8.95. The van der Waals surface area contributed by atoms with Gasteiger partial charge in [0.1, 0.15) is 5.75 Å². The van der Waals surface area contributed by atoms with Crippen molar-refractivity contribution in [3.05, 3.63) is 52.3 Å². The van der Waals surface area contributed by atoms with Gasteiger partial charge in [0.15, 0.2) is 11.6 Å². The predicted octanol–water partition coefficient (Wildman–Crippen LogP) is 5.43. The van der Waals surface area contributed by atoms with Crippen LogP contribution in [0, 0.1) is 11.7 Å². The summed E-state index contributed by atoms with van der Waals surface area (Å²) in [5.74, 6) is -0.592. The maximum Gasteiger partial charge on any atom is 0.230 e. The molecule has 3 unspecified atom stereocenters. The second kappa shape index (κ2) is 7.06. The number of halogens is 3. The van der Waals surface area contributed by atoms with Crippen molar-refractivity contribution < 1.29 is 18.7 Å². The molecule has 2 bridgehead atoms. The van der Waals surface area contributed by atoms with Crippen LogP contribution >= 0.6 is 23.2 Å². The van der Waals surface area contributed by atoms with Gasteiger partial charge in [0.25, 0.3) is 0 Å². The van der Waals surface area contributed by atoms with E-state index in [0.717, 1.165) is 19.3 Å². The number of ether oxygens (including phenoxy) is 2. The van der Waals surface area contributed by atoms with E-state index < -0.39 is 5.82 Å². The average molecular weight is 396 g/mol. The van der Waals surface area contributed by atoms with E-state index in [2.05, 4.69) is 5.32 Å². The molecule has 4 nitrogen and oxygen atoms in total. The SMILES string of the molecule is O=C(Nc1ccc(Oc2ccc(Cl)cc2Cl)c(F)c1)C1CC2CCC1O2. The topological polar surface area (TPSA) is 47.6 Å². The van der Waals surface area contributed by atoms with E-state index in [1.807, 2.05) is 0 Å². The zero-order chi connectivity index (χ0) is 18.3. The van der Waals surface area contributed by atoms with Crippen molar-refractivity contribution in [1.29, 1.82) is 0 Å². The monoisotopic (exact) mass is 395 g/mol. The highest BCUT2D eigenvalue weighted by Crippen LogP contribution is 2.39. The molecule has 1 amide bonds. The fourth-order valence-electron chi connectivity index (χ4n) is 3.49. The molecular weight excluding hydrogens is 380 g/mol. The number of carbonyl (C=O) groups is 1. The van der Waals surface area contributed by atoms with Crippen molar-refractivity contribution in [2.75, 3.05) is 5.32 Å². The fourth-order valence-corrected chi connectivity index (χ4v) is 3.93. The van der Waals surface area contributed by atoms with Crippen LogP contribution in [0.25, 0.3) is 0 Å². The first-order valence-corrected chi connectivity index (χ1v) is 9.14. The Morgan fingerprint density at radius 1 is 1.15 bits per heavy atom. The Morgan fingerprint density at radius 2 is 1.96 bits per heavy atom. The van der Waals surface area contributed by atoms with Crippen LogP contribution in [0.1, 0.15) is 19.3 Å². The van der Waals surface area contributed by atoms with Crippen molar-refractivity contribution in [2.24, 2.45) is 5.92 Å². The lowest BCUT2D eigenvalue weighted by Gasteiger charge is -2.18. The normalized spacial score (nSPS) is 23.9. The van der Waals surface area contributed by atoms with Gasteiger partial charge in [-0.15, -0.1) is 0 Å². The van der Waals surface area contributed by atoms with Crippen molar-refractivity contribution in [2.45, 2.75) is 31.5 Å². The first-order chi connectivity index (χ1) is 12.5. The minimum Gasteiger partial charge on any atom is -0.453 e. The second-order valence-corrected chi connectivity index (χ2v) is 7.37. The Morgan fingerprint density at radius 3 is 2.62 bits per heavy atom. The zero-order valence-electron chi connectivity index (χ0n) is 13.7. The van der Waals surface area contributed by atoms with Crippen molar-refractivity contribution in [3.8, 4) is 11.5 Å². The van der Waals surface area contributed by atoms with Crippen LogP contribution in [-0.2, 0) is 9.53 Å². The van der Waals surface area contributed by atoms with Crippen LogP contribution in [-0.4, -0.2) is 18.1 Å². The first kappa shape index (κ1) is 17.6. The third kappa shape index (κ3) is 3.52. The highest BCUT2D eigenvalue weighted by Gasteiger charge is 2.44. The summed E-state index contributed by atoms with van der Waals surface area (Å²) in [7, 11) is 0. The van der Waals surface area contributed by atoms with E-state index >= 15 is 0 Å². The van der Waals surface area contributed by atoms with Gasteiger partial charge in [-0.25, -0.2) is 4.39 Å². The van der Waals surface area contributed by atoms with Crippen LogP contribution in [0.2, 0.25) is 10.0 Å². The van der Waals surface area contributed by atoms with Crippen LogP contribution in [0.5, 0.6) is 11.5 Å². The van der Waals surface area contributed by atoms with Crippen molar-refractivity contribution in [3.63, 3.8) is 0 Å². The summed E-state index contributed by atoms with van der Waals surface area (Å²) < 4.78 is 25.5. The summed E-state index contributed by atoms with van der Waals surface area (Å²) in [5.41, 5.74) is 0.379. The van der Waals surface area contributed by atoms with E-state index in [0.29, 0.717) is 16.5 Å². The number of carbonyl (C=O) groups excluding carboxylic acids is 1.